The molecule has 2 rings (SSSR count). The van der Waals surface area contributed by atoms with E-state index in [4.69, 9.17) is 4.74 Å². The number of rotatable bonds is 6. The van der Waals surface area contributed by atoms with E-state index >= 15 is 0 Å². The lowest BCUT2D eigenvalue weighted by molar-refractivity contribution is -0.127. The average molecular weight is 302 g/mol. The number of amides is 2. The Morgan fingerprint density at radius 3 is 2.82 bits per heavy atom. The first-order valence-electron chi connectivity index (χ1n) is 7.58. The molecule has 1 aliphatic heterocycles. The molecule has 0 spiro atoms. The highest BCUT2D eigenvalue weighted by Gasteiger charge is 2.19. The molecule has 0 radical (unpaired) electrons. The van der Waals surface area contributed by atoms with Crippen molar-refractivity contribution in [3.63, 3.8) is 0 Å². The molecule has 0 saturated carbocycles. The fourth-order valence-corrected chi connectivity index (χ4v) is 2.24. The van der Waals surface area contributed by atoms with Crippen molar-refractivity contribution in [1.29, 1.82) is 0 Å². The summed E-state index contributed by atoms with van der Waals surface area (Å²) in [4.78, 5) is 23.7. The van der Waals surface area contributed by atoms with Crippen LogP contribution < -0.4 is 10.6 Å². The van der Waals surface area contributed by atoms with Crippen LogP contribution >= 0.6 is 0 Å². The van der Waals surface area contributed by atoms with Gasteiger partial charge in [-0.2, -0.15) is 0 Å². The largest absolute Gasteiger partial charge is 0.376 e. The van der Waals surface area contributed by atoms with Gasteiger partial charge in [-0.1, -0.05) is 30.3 Å². The van der Waals surface area contributed by atoms with Gasteiger partial charge in [-0.05, 0) is 31.4 Å². The first-order valence-corrected chi connectivity index (χ1v) is 7.58. The van der Waals surface area contributed by atoms with Gasteiger partial charge >= 0.3 is 0 Å². The van der Waals surface area contributed by atoms with E-state index in [0.717, 1.165) is 25.0 Å². The summed E-state index contributed by atoms with van der Waals surface area (Å²) in [7, 11) is 0. The minimum atomic E-state index is -0.575. The van der Waals surface area contributed by atoms with E-state index in [0.29, 0.717) is 6.54 Å². The Kier molecular flexibility index (Phi) is 6.15. The predicted octanol–water partition coefficient (Wildman–Crippen LogP) is 1.50. The maximum Gasteiger partial charge on any atom is 0.244 e. The van der Waals surface area contributed by atoms with Gasteiger partial charge in [0.15, 0.2) is 0 Å². The summed E-state index contributed by atoms with van der Waals surface area (Å²) >= 11 is 0. The first-order chi connectivity index (χ1) is 10.6. The Morgan fingerprint density at radius 2 is 2.14 bits per heavy atom. The molecular formula is C17H22N2O3. The molecule has 2 amide bonds. The third-order valence-electron chi connectivity index (χ3n) is 3.51. The zero-order chi connectivity index (χ0) is 15.8. The summed E-state index contributed by atoms with van der Waals surface area (Å²) < 4.78 is 5.44. The first kappa shape index (κ1) is 16.2. The van der Waals surface area contributed by atoms with E-state index < -0.39 is 6.04 Å². The van der Waals surface area contributed by atoms with Crippen molar-refractivity contribution in [1.82, 2.24) is 10.6 Å². The molecule has 0 aliphatic carbocycles. The van der Waals surface area contributed by atoms with Crippen molar-refractivity contribution in [2.45, 2.75) is 31.9 Å². The number of benzene rings is 1. The molecule has 2 atom stereocenters. The molecule has 0 bridgehead atoms. The monoisotopic (exact) mass is 302 g/mol. The molecule has 5 heteroatoms. The second kappa shape index (κ2) is 8.34. The van der Waals surface area contributed by atoms with Crippen molar-refractivity contribution in [3.8, 4) is 0 Å². The van der Waals surface area contributed by atoms with E-state index in [1.165, 1.54) is 6.08 Å². The van der Waals surface area contributed by atoms with Crippen LogP contribution in [0, 0.1) is 0 Å². The molecule has 1 aliphatic rings. The molecule has 2 unspecified atom stereocenters. The lowest BCUT2D eigenvalue weighted by atomic mass is 10.2. The number of ether oxygens (including phenoxy) is 1. The van der Waals surface area contributed by atoms with Gasteiger partial charge in [0.05, 0.1) is 6.10 Å². The molecular weight excluding hydrogens is 280 g/mol. The molecule has 118 valence electrons. The van der Waals surface area contributed by atoms with E-state index in [2.05, 4.69) is 10.6 Å². The average Bonchev–Trinajstić information content (AvgIpc) is 3.05. The smallest absolute Gasteiger partial charge is 0.244 e. The standard InChI is InChI=1S/C17H22N2O3/c1-13(17(21)18-12-15-8-5-11-22-15)19-16(20)10-9-14-6-3-2-4-7-14/h2-4,6-7,9-10,13,15H,5,8,11-12H2,1H3,(H,18,21)(H,19,20)/b10-9+. The van der Waals surface area contributed by atoms with Gasteiger partial charge in [0.1, 0.15) is 6.04 Å². The summed E-state index contributed by atoms with van der Waals surface area (Å²) in [6.45, 7) is 2.93. The molecule has 0 aromatic heterocycles. The van der Waals surface area contributed by atoms with Crippen LogP contribution in [0.5, 0.6) is 0 Å². The van der Waals surface area contributed by atoms with Crippen LogP contribution in [-0.2, 0) is 14.3 Å². The third kappa shape index (κ3) is 5.33. The molecule has 22 heavy (non-hydrogen) atoms. The zero-order valence-electron chi connectivity index (χ0n) is 12.7. The molecule has 2 N–H and O–H groups in total. The molecule has 1 heterocycles. The van der Waals surface area contributed by atoms with Gasteiger partial charge < -0.3 is 15.4 Å². The second-order valence-corrected chi connectivity index (χ2v) is 5.35. The Balaban J connectivity index is 1.72. The molecule has 1 aromatic carbocycles. The Bertz CT molecular complexity index is 522. The lowest BCUT2D eigenvalue weighted by Crippen LogP contribution is -2.46. The SMILES string of the molecule is CC(NC(=O)/C=C/c1ccccc1)C(=O)NCC1CCCO1. The van der Waals surface area contributed by atoms with E-state index in [1.807, 2.05) is 30.3 Å². The van der Waals surface area contributed by atoms with Crippen molar-refractivity contribution >= 4 is 17.9 Å². The van der Waals surface area contributed by atoms with Crippen LogP contribution in [0.2, 0.25) is 0 Å². The highest BCUT2D eigenvalue weighted by atomic mass is 16.5. The highest BCUT2D eigenvalue weighted by molar-refractivity contribution is 5.95. The van der Waals surface area contributed by atoms with E-state index in [9.17, 15) is 9.59 Å². The highest BCUT2D eigenvalue weighted by Crippen LogP contribution is 2.10. The van der Waals surface area contributed by atoms with Gasteiger partial charge in [0.2, 0.25) is 11.8 Å². The number of nitrogens with one attached hydrogen (secondary N) is 2. The summed E-state index contributed by atoms with van der Waals surface area (Å²) in [5.41, 5.74) is 0.938. The maximum absolute atomic E-state index is 11.9. The molecule has 1 saturated heterocycles. The van der Waals surface area contributed by atoms with Gasteiger partial charge in [0.25, 0.3) is 0 Å². The Hall–Kier alpha value is -2.14. The predicted molar refractivity (Wildman–Crippen MR) is 85.1 cm³/mol. The minimum absolute atomic E-state index is 0.102. The summed E-state index contributed by atoms with van der Waals surface area (Å²) in [5.74, 6) is -0.486. The normalized spacial score (nSPS) is 19.0. The number of carbonyl (C=O) groups excluding carboxylic acids is 2. The van der Waals surface area contributed by atoms with Gasteiger partial charge in [-0.25, -0.2) is 0 Å². The minimum Gasteiger partial charge on any atom is -0.376 e. The van der Waals surface area contributed by atoms with Crippen molar-refractivity contribution in [3.05, 3.63) is 42.0 Å². The van der Waals surface area contributed by atoms with Gasteiger partial charge in [-0.15, -0.1) is 0 Å². The summed E-state index contributed by atoms with van der Waals surface area (Å²) in [6, 6.07) is 8.95. The van der Waals surface area contributed by atoms with Crippen LogP contribution in [0.15, 0.2) is 36.4 Å². The van der Waals surface area contributed by atoms with E-state index in [1.54, 1.807) is 13.0 Å². The fraction of sp³-hybridized carbons (Fsp3) is 0.412. The van der Waals surface area contributed by atoms with Crippen LogP contribution in [0.3, 0.4) is 0 Å². The molecule has 5 nitrogen and oxygen atoms in total. The summed E-state index contributed by atoms with van der Waals surface area (Å²) in [6.07, 6.45) is 5.26. The van der Waals surface area contributed by atoms with Crippen molar-refractivity contribution in [2.75, 3.05) is 13.2 Å². The van der Waals surface area contributed by atoms with Gasteiger partial charge in [0, 0.05) is 19.2 Å². The Labute approximate surface area is 130 Å². The Morgan fingerprint density at radius 1 is 1.36 bits per heavy atom. The maximum atomic E-state index is 11.9. The van der Waals surface area contributed by atoms with Crippen LogP contribution in [0.1, 0.15) is 25.3 Å². The lowest BCUT2D eigenvalue weighted by Gasteiger charge is -2.15. The second-order valence-electron chi connectivity index (χ2n) is 5.35. The van der Waals surface area contributed by atoms with Crippen LogP contribution in [0.4, 0.5) is 0 Å². The number of carbonyl (C=O) groups is 2. The zero-order valence-corrected chi connectivity index (χ0v) is 12.7. The fourth-order valence-electron chi connectivity index (χ4n) is 2.24. The van der Waals surface area contributed by atoms with Crippen molar-refractivity contribution in [2.24, 2.45) is 0 Å². The number of hydrogen-bond acceptors (Lipinski definition) is 3. The quantitative estimate of drug-likeness (QED) is 0.783. The van der Waals surface area contributed by atoms with Crippen LogP contribution in [-0.4, -0.2) is 37.1 Å². The summed E-state index contributed by atoms with van der Waals surface area (Å²) in [5, 5.41) is 5.45. The third-order valence-corrected chi connectivity index (χ3v) is 3.51. The molecule has 1 fully saturated rings. The van der Waals surface area contributed by atoms with Gasteiger partial charge in [-0.3, -0.25) is 9.59 Å². The van der Waals surface area contributed by atoms with Crippen molar-refractivity contribution < 1.29 is 14.3 Å². The number of hydrogen-bond donors (Lipinski definition) is 2. The topological polar surface area (TPSA) is 67.4 Å². The molecule has 1 aromatic rings. The van der Waals surface area contributed by atoms with E-state index in [-0.39, 0.29) is 17.9 Å². The van der Waals surface area contributed by atoms with Crippen LogP contribution in [0.25, 0.3) is 6.08 Å².